The Bertz CT molecular complexity index is 1180. The molecule has 0 aliphatic carbocycles. The molecule has 0 spiro atoms. The van der Waals surface area contributed by atoms with E-state index >= 15 is 0 Å². The number of carbonyl (C=O) groups is 1. The third kappa shape index (κ3) is 3.91. The first-order chi connectivity index (χ1) is 14.3. The molecule has 0 bridgehead atoms. The predicted molar refractivity (Wildman–Crippen MR) is 119 cm³/mol. The molecule has 0 unspecified atom stereocenters. The maximum Gasteiger partial charge on any atom is 0.263 e. The Hall–Kier alpha value is -2.52. The van der Waals surface area contributed by atoms with E-state index in [1.165, 1.54) is 23.1 Å². The summed E-state index contributed by atoms with van der Waals surface area (Å²) < 4.78 is 12.3. The Morgan fingerprint density at radius 2 is 2.07 bits per heavy atom. The van der Waals surface area contributed by atoms with Gasteiger partial charge in [0.1, 0.15) is 4.83 Å². The van der Waals surface area contributed by atoms with Crippen molar-refractivity contribution in [2.75, 3.05) is 12.5 Å². The number of thioether (sulfide) groups is 1. The van der Waals surface area contributed by atoms with Gasteiger partial charge in [0.2, 0.25) is 12.7 Å². The first kappa shape index (κ1) is 20.7. The van der Waals surface area contributed by atoms with Crippen LogP contribution in [0.1, 0.15) is 35.9 Å². The molecule has 1 aliphatic rings. The molecule has 9 heteroatoms. The minimum atomic E-state index is -0.124. The van der Waals surface area contributed by atoms with Gasteiger partial charge in [-0.15, -0.1) is 11.3 Å². The maximum absolute atomic E-state index is 13.1. The Labute approximate surface area is 182 Å². The molecule has 0 saturated carbocycles. The number of nitrogens with zero attached hydrogens (tertiary/aromatic N) is 2. The van der Waals surface area contributed by atoms with Crippen LogP contribution in [-0.4, -0.2) is 28.0 Å². The first-order valence-corrected chi connectivity index (χ1v) is 11.5. The summed E-state index contributed by atoms with van der Waals surface area (Å²) in [4.78, 5) is 32.0. The third-order valence-electron chi connectivity index (χ3n) is 4.98. The topological polar surface area (TPSA) is 82.4 Å². The number of thiophene rings is 1. The van der Waals surface area contributed by atoms with Gasteiger partial charge in [0.15, 0.2) is 16.7 Å². The molecule has 0 saturated heterocycles. The summed E-state index contributed by atoms with van der Waals surface area (Å²) in [6, 6.07) is 5.55. The molecule has 0 radical (unpaired) electrons. The van der Waals surface area contributed by atoms with E-state index in [0.29, 0.717) is 28.6 Å². The summed E-state index contributed by atoms with van der Waals surface area (Å²) >= 11 is 2.80. The van der Waals surface area contributed by atoms with Gasteiger partial charge >= 0.3 is 0 Å². The summed E-state index contributed by atoms with van der Waals surface area (Å²) in [6.07, 6.45) is 0. The van der Waals surface area contributed by atoms with Gasteiger partial charge in [0, 0.05) is 17.5 Å². The molecule has 3 aromatic rings. The largest absolute Gasteiger partial charge is 0.454 e. The molecular formula is C21H23N3O4S2. The lowest BCUT2D eigenvalue weighted by molar-refractivity contribution is -0.118. The molecule has 1 aromatic carbocycles. The van der Waals surface area contributed by atoms with Crippen molar-refractivity contribution in [3.05, 3.63) is 44.6 Å². The van der Waals surface area contributed by atoms with E-state index < -0.39 is 0 Å². The van der Waals surface area contributed by atoms with Gasteiger partial charge in [-0.05, 0) is 51.0 Å². The number of hydrogen-bond donors (Lipinski definition) is 1. The highest BCUT2D eigenvalue weighted by Gasteiger charge is 2.19. The van der Waals surface area contributed by atoms with Crippen molar-refractivity contribution in [2.24, 2.45) is 0 Å². The average Bonchev–Trinajstić information content (AvgIpc) is 3.28. The van der Waals surface area contributed by atoms with Crippen molar-refractivity contribution in [1.29, 1.82) is 0 Å². The third-order valence-corrected chi connectivity index (χ3v) is 7.03. The van der Waals surface area contributed by atoms with Crippen molar-refractivity contribution in [3.63, 3.8) is 0 Å². The van der Waals surface area contributed by atoms with Crippen LogP contribution in [-0.2, 0) is 11.3 Å². The lowest BCUT2D eigenvalue weighted by Gasteiger charge is -2.15. The number of aromatic nitrogens is 2. The number of carbonyl (C=O) groups excluding carboxylic acids is 1. The summed E-state index contributed by atoms with van der Waals surface area (Å²) in [7, 11) is 0. The van der Waals surface area contributed by atoms with E-state index in [4.69, 9.17) is 14.5 Å². The standard InChI is InChI=1S/C21H23N3O4S2/c1-11(2)24-20(26)18-12(3)13(4)30-19(18)23-21(24)29-9-17(25)22-8-14-5-6-15-16(7-14)28-10-27-15/h5-7,11H,8-10H2,1-4H3,(H,22,25). The van der Waals surface area contributed by atoms with Gasteiger partial charge in [0.05, 0.1) is 11.1 Å². The maximum atomic E-state index is 13.1. The molecule has 0 fully saturated rings. The van der Waals surface area contributed by atoms with Crippen LogP contribution in [0.5, 0.6) is 11.5 Å². The number of rotatable bonds is 6. The van der Waals surface area contributed by atoms with E-state index in [1.807, 2.05) is 45.9 Å². The summed E-state index contributed by atoms with van der Waals surface area (Å²) in [5, 5.41) is 4.16. The van der Waals surface area contributed by atoms with Gasteiger partial charge < -0.3 is 14.8 Å². The normalized spacial score (nSPS) is 12.7. The lowest BCUT2D eigenvalue weighted by atomic mass is 10.2. The van der Waals surface area contributed by atoms with Crippen molar-refractivity contribution >= 4 is 39.2 Å². The van der Waals surface area contributed by atoms with Crippen LogP contribution in [0.3, 0.4) is 0 Å². The number of hydrogen-bond acceptors (Lipinski definition) is 7. The van der Waals surface area contributed by atoms with E-state index in [-0.39, 0.29) is 30.1 Å². The molecule has 1 aliphatic heterocycles. The quantitative estimate of drug-likeness (QED) is 0.459. The number of benzene rings is 1. The molecule has 7 nitrogen and oxygen atoms in total. The van der Waals surface area contributed by atoms with Crippen molar-refractivity contribution in [3.8, 4) is 11.5 Å². The van der Waals surface area contributed by atoms with Crippen LogP contribution in [0.2, 0.25) is 0 Å². The van der Waals surface area contributed by atoms with Crippen molar-refractivity contribution in [1.82, 2.24) is 14.9 Å². The van der Waals surface area contributed by atoms with Crippen LogP contribution in [0.4, 0.5) is 0 Å². The van der Waals surface area contributed by atoms with Gasteiger partial charge in [-0.3, -0.25) is 14.2 Å². The SMILES string of the molecule is Cc1sc2nc(SCC(=O)NCc3ccc4c(c3)OCO4)n(C(C)C)c(=O)c2c1C. The van der Waals surface area contributed by atoms with Gasteiger partial charge in [-0.1, -0.05) is 17.8 Å². The van der Waals surface area contributed by atoms with E-state index in [1.54, 1.807) is 4.57 Å². The van der Waals surface area contributed by atoms with E-state index in [0.717, 1.165) is 20.8 Å². The molecule has 1 N–H and O–H groups in total. The minimum absolute atomic E-state index is 0.0416. The summed E-state index contributed by atoms with van der Waals surface area (Å²) in [5.74, 6) is 1.46. The summed E-state index contributed by atoms with van der Waals surface area (Å²) in [6.45, 7) is 8.47. The first-order valence-electron chi connectivity index (χ1n) is 9.65. The number of amides is 1. The molecule has 2 aromatic heterocycles. The van der Waals surface area contributed by atoms with Gasteiger partial charge in [-0.2, -0.15) is 0 Å². The fraction of sp³-hybridized carbons (Fsp3) is 0.381. The van der Waals surface area contributed by atoms with Crippen LogP contribution in [0.15, 0.2) is 28.2 Å². The number of nitrogens with one attached hydrogen (secondary N) is 1. The zero-order chi connectivity index (χ0) is 21.4. The minimum Gasteiger partial charge on any atom is -0.454 e. The lowest BCUT2D eigenvalue weighted by Crippen LogP contribution is -2.27. The second kappa shape index (κ2) is 8.31. The second-order valence-electron chi connectivity index (χ2n) is 7.38. The summed E-state index contributed by atoms with van der Waals surface area (Å²) in [5.41, 5.74) is 1.88. The molecule has 0 atom stereocenters. The number of fused-ring (bicyclic) bond motifs is 2. The fourth-order valence-corrected chi connectivity index (χ4v) is 5.31. The highest BCUT2D eigenvalue weighted by molar-refractivity contribution is 7.99. The molecule has 3 heterocycles. The highest BCUT2D eigenvalue weighted by Crippen LogP contribution is 2.32. The van der Waals surface area contributed by atoms with Crippen LogP contribution in [0.25, 0.3) is 10.2 Å². The van der Waals surface area contributed by atoms with Gasteiger partial charge in [-0.25, -0.2) is 4.98 Å². The Morgan fingerprint density at radius 3 is 2.83 bits per heavy atom. The van der Waals surface area contributed by atoms with Crippen LogP contribution < -0.4 is 20.3 Å². The van der Waals surface area contributed by atoms with Gasteiger partial charge in [0.25, 0.3) is 5.56 Å². The molecule has 30 heavy (non-hydrogen) atoms. The Morgan fingerprint density at radius 1 is 1.30 bits per heavy atom. The monoisotopic (exact) mass is 445 g/mol. The number of ether oxygens (including phenoxy) is 2. The zero-order valence-corrected chi connectivity index (χ0v) is 18.9. The predicted octanol–water partition coefficient (Wildman–Crippen LogP) is 3.79. The molecular weight excluding hydrogens is 422 g/mol. The molecule has 4 rings (SSSR count). The van der Waals surface area contributed by atoms with Crippen LogP contribution >= 0.6 is 23.1 Å². The van der Waals surface area contributed by atoms with Crippen molar-refractivity contribution < 1.29 is 14.3 Å². The van der Waals surface area contributed by atoms with Crippen molar-refractivity contribution in [2.45, 2.75) is 45.4 Å². The smallest absolute Gasteiger partial charge is 0.263 e. The average molecular weight is 446 g/mol. The Balaban J connectivity index is 1.47. The number of aryl methyl sites for hydroxylation is 2. The van der Waals surface area contributed by atoms with E-state index in [2.05, 4.69) is 5.32 Å². The fourth-order valence-electron chi connectivity index (χ4n) is 3.28. The molecule has 1 amide bonds. The van der Waals surface area contributed by atoms with Crippen LogP contribution in [0, 0.1) is 13.8 Å². The highest BCUT2D eigenvalue weighted by atomic mass is 32.2. The Kier molecular flexibility index (Phi) is 5.75. The molecule has 158 valence electrons. The second-order valence-corrected chi connectivity index (χ2v) is 9.53. The zero-order valence-electron chi connectivity index (χ0n) is 17.3. The van der Waals surface area contributed by atoms with E-state index in [9.17, 15) is 9.59 Å².